The van der Waals surface area contributed by atoms with E-state index in [1.54, 1.807) is 17.1 Å². The van der Waals surface area contributed by atoms with Crippen molar-refractivity contribution in [3.05, 3.63) is 81.5 Å². The number of rotatable bonds is 4. The van der Waals surface area contributed by atoms with E-state index in [1.807, 2.05) is 23.6 Å². The molecule has 0 N–H and O–H groups in total. The SMILES string of the molecule is Cc1ccc(-c2csc3ncn(CCc4ccccn4)c(=O)c23)cc1C. The minimum atomic E-state index is 0.0143. The third kappa shape index (κ3) is 3.06. The van der Waals surface area contributed by atoms with Gasteiger partial charge in [-0.25, -0.2) is 4.98 Å². The lowest BCUT2D eigenvalue weighted by atomic mass is 10.0. The topological polar surface area (TPSA) is 47.8 Å². The number of pyridine rings is 1. The van der Waals surface area contributed by atoms with E-state index in [4.69, 9.17) is 0 Å². The first-order valence-electron chi connectivity index (χ1n) is 8.57. The number of aryl methyl sites for hydroxylation is 4. The van der Waals surface area contributed by atoms with Crippen molar-refractivity contribution in [2.24, 2.45) is 0 Å². The van der Waals surface area contributed by atoms with Gasteiger partial charge in [-0.2, -0.15) is 0 Å². The van der Waals surface area contributed by atoms with Gasteiger partial charge in [0.2, 0.25) is 0 Å². The van der Waals surface area contributed by atoms with E-state index < -0.39 is 0 Å². The number of aromatic nitrogens is 3. The monoisotopic (exact) mass is 361 g/mol. The first kappa shape index (κ1) is 16.7. The van der Waals surface area contributed by atoms with Gasteiger partial charge in [0.15, 0.2) is 0 Å². The van der Waals surface area contributed by atoms with Gasteiger partial charge in [-0.05, 0) is 42.7 Å². The summed E-state index contributed by atoms with van der Waals surface area (Å²) in [4.78, 5) is 22.7. The standard InChI is InChI=1S/C21H19N3OS/c1-14-6-7-16(11-15(14)2)18-12-26-20-19(18)21(25)24(13-23-20)10-8-17-5-3-4-9-22-17/h3-7,9,11-13H,8,10H2,1-2H3. The van der Waals surface area contributed by atoms with Crippen molar-refractivity contribution in [3.63, 3.8) is 0 Å². The zero-order valence-electron chi connectivity index (χ0n) is 14.8. The summed E-state index contributed by atoms with van der Waals surface area (Å²) in [6.45, 7) is 4.76. The van der Waals surface area contributed by atoms with Crippen molar-refractivity contribution in [1.82, 2.24) is 14.5 Å². The Morgan fingerprint density at radius 1 is 1.08 bits per heavy atom. The number of nitrogens with zero attached hydrogens (tertiary/aromatic N) is 3. The van der Waals surface area contributed by atoms with Gasteiger partial charge in [0.05, 0.1) is 11.7 Å². The second-order valence-corrected chi connectivity index (χ2v) is 7.30. The third-order valence-corrected chi connectivity index (χ3v) is 5.60. The molecule has 0 amide bonds. The Balaban J connectivity index is 1.74. The summed E-state index contributed by atoms with van der Waals surface area (Å²) < 4.78 is 1.69. The zero-order valence-corrected chi connectivity index (χ0v) is 15.6. The van der Waals surface area contributed by atoms with Crippen LogP contribution in [0.5, 0.6) is 0 Å². The molecule has 0 saturated carbocycles. The second kappa shape index (κ2) is 6.84. The fourth-order valence-electron chi connectivity index (χ4n) is 3.03. The lowest BCUT2D eigenvalue weighted by molar-refractivity contribution is 0.654. The van der Waals surface area contributed by atoms with Gasteiger partial charge in [-0.3, -0.25) is 14.3 Å². The summed E-state index contributed by atoms with van der Waals surface area (Å²) in [6.07, 6.45) is 4.13. The van der Waals surface area contributed by atoms with Crippen molar-refractivity contribution in [2.45, 2.75) is 26.8 Å². The zero-order chi connectivity index (χ0) is 18.1. The molecule has 4 rings (SSSR count). The highest BCUT2D eigenvalue weighted by Crippen LogP contribution is 2.31. The van der Waals surface area contributed by atoms with Crippen molar-refractivity contribution in [2.75, 3.05) is 0 Å². The smallest absolute Gasteiger partial charge is 0.262 e. The molecule has 4 nitrogen and oxygen atoms in total. The molecule has 0 spiro atoms. The molecule has 0 aliphatic carbocycles. The Hall–Kier alpha value is -2.79. The molecular formula is C21H19N3OS. The predicted octanol–water partition coefficient (Wildman–Crippen LogP) is 4.38. The molecular weight excluding hydrogens is 342 g/mol. The maximum absolute atomic E-state index is 13.1. The molecule has 26 heavy (non-hydrogen) atoms. The summed E-state index contributed by atoms with van der Waals surface area (Å²) >= 11 is 1.52. The Kier molecular flexibility index (Phi) is 4.39. The van der Waals surface area contributed by atoms with Crippen LogP contribution in [0.1, 0.15) is 16.8 Å². The maximum atomic E-state index is 13.1. The van der Waals surface area contributed by atoms with Crippen LogP contribution in [0.4, 0.5) is 0 Å². The largest absolute Gasteiger partial charge is 0.298 e. The van der Waals surface area contributed by atoms with Crippen LogP contribution < -0.4 is 5.56 Å². The molecule has 0 saturated heterocycles. The van der Waals surface area contributed by atoms with Crippen LogP contribution in [0.25, 0.3) is 21.3 Å². The van der Waals surface area contributed by atoms with Crippen LogP contribution in [0.2, 0.25) is 0 Å². The fraction of sp³-hybridized carbons (Fsp3) is 0.190. The molecule has 0 bridgehead atoms. The molecule has 0 radical (unpaired) electrons. The molecule has 0 atom stereocenters. The van der Waals surface area contributed by atoms with Gasteiger partial charge in [0, 0.05) is 35.8 Å². The van der Waals surface area contributed by atoms with Gasteiger partial charge in [-0.1, -0.05) is 24.3 Å². The van der Waals surface area contributed by atoms with Crippen LogP contribution in [-0.2, 0) is 13.0 Å². The van der Waals surface area contributed by atoms with Crippen LogP contribution in [0.3, 0.4) is 0 Å². The van der Waals surface area contributed by atoms with E-state index in [0.717, 1.165) is 21.7 Å². The van der Waals surface area contributed by atoms with Crippen LogP contribution in [0, 0.1) is 13.8 Å². The predicted molar refractivity (Wildman–Crippen MR) is 107 cm³/mol. The van der Waals surface area contributed by atoms with Crippen LogP contribution in [-0.4, -0.2) is 14.5 Å². The first-order valence-corrected chi connectivity index (χ1v) is 9.45. The lowest BCUT2D eigenvalue weighted by Crippen LogP contribution is -2.21. The number of fused-ring (bicyclic) bond motifs is 1. The van der Waals surface area contributed by atoms with E-state index in [1.165, 1.54) is 22.5 Å². The molecule has 5 heteroatoms. The molecule has 1 aromatic carbocycles. The average Bonchev–Trinajstić information content (AvgIpc) is 3.09. The number of benzene rings is 1. The van der Waals surface area contributed by atoms with Crippen molar-refractivity contribution >= 4 is 21.6 Å². The quantitative estimate of drug-likeness (QED) is 0.542. The summed E-state index contributed by atoms with van der Waals surface area (Å²) in [5.41, 5.74) is 5.50. The molecule has 3 aromatic heterocycles. The summed E-state index contributed by atoms with van der Waals surface area (Å²) in [5.74, 6) is 0. The van der Waals surface area contributed by atoms with E-state index >= 15 is 0 Å². The van der Waals surface area contributed by atoms with Gasteiger partial charge < -0.3 is 0 Å². The summed E-state index contributed by atoms with van der Waals surface area (Å²) in [7, 11) is 0. The maximum Gasteiger partial charge on any atom is 0.262 e. The normalized spacial score (nSPS) is 11.2. The highest BCUT2D eigenvalue weighted by molar-refractivity contribution is 7.17. The molecule has 0 fully saturated rings. The molecule has 130 valence electrons. The van der Waals surface area contributed by atoms with Crippen molar-refractivity contribution < 1.29 is 0 Å². The van der Waals surface area contributed by atoms with Gasteiger partial charge in [0.25, 0.3) is 5.56 Å². The van der Waals surface area contributed by atoms with Gasteiger partial charge >= 0.3 is 0 Å². The number of thiophene rings is 1. The van der Waals surface area contributed by atoms with Crippen LogP contribution >= 0.6 is 11.3 Å². The van der Waals surface area contributed by atoms with Gasteiger partial charge in [0.1, 0.15) is 4.83 Å². The van der Waals surface area contributed by atoms with E-state index in [-0.39, 0.29) is 5.56 Å². The minimum Gasteiger partial charge on any atom is -0.298 e. The van der Waals surface area contributed by atoms with Crippen LogP contribution in [0.15, 0.2) is 59.1 Å². The van der Waals surface area contributed by atoms with Crippen molar-refractivity contribution in [3.8, 4) is 11.1 Å². The van der Waals surface area contributed by atoms with E-state index in [2.05, 4.69) is 42.0 Å². The molecule has 3 heterocycles. The van der Waals surface area contributed by atoms with E-state index in [9.17, 15) is 4.79 Å². The highest BCUT2D eigenvalue weighted by atomic mass is 32.1. The Morgan fingerprint density at radius 3 is 2.73 bits per heavy atom. The average molecular weight is 361 g/mol. The number of hydrogen-bond acceptors (Lipinski definition) is 4. The summed E-state index contributed by atoms with van der Waals surface area (Å²) in [6, 6.07) is 12.1. The Labute approximate surface area is 155 Å². The first-order chi connectivity index (χ1) is 12.6. The Bertz CT molecular complexity index is 1130. The number of hydrogen-bond donors (Lipinski definition) is 0. The molecule has 0 aliphatic rings. The lowest BCUT2D eigenvalue weighted by Gasteiger charge is -2.07. The highest BCUT2D eigenvalue weighted by Gasteiger charge is 2.13. The van der Waals surface area contributed by atoms with E-state index in [0.29, 0.717) is 18.4 Å². The summed E-state index contributed by atoms with van der Waals surface area (Å²) in [5, 5.41) is 2.74. The second-order valence-electron chi connectivity index (χ2n) is 6.44. The minimum absolute atomic E-state index is 0.0143. The molecule has 0 aliphatic heterocycles. The van der Waals surface area contributed by atoms with Gasteiger partial charge in [-0.15, -0.1) is 11.3 Å². The van der Waals surface area contributed by atoms with Crippen molar-refractivity contribution in [1.29, 1.82) is 0 Å². The molecule has 4 aromatic rings. The third-order valence-electron chi connectivity index (χ3n) is 4.71. The molecule has 0 unspecified atom stereocenters. The Morgan fingerprint density at radius 2 is 1.96 bits per heavy atom. The fourth-order valence-corrected chi connectivity index (χ4v) is 3.94.